The van der Waals surface area contributed by atoms with E-state index in [-0.39, 0.29) is 5.56 Å². The number of aromatic nitrogens is 1. The Balaban J connectivity index is 1.82. The number of hydrogen-bond donors (Lipinski definition) is 1. The number of nitrogens with one attached hydrogen (secondary N) is 1. The van der Waals surface area contributed by atoms with Gasteiger partial charge >= 0.3 is 0 Å². The third-order valence-corrected chi connectivity index (χ3v) is 3.27. The number of carbonyl (C=O) groups is 1. The van der Waals surface area contributed by atoms with E-state index in [2.05, 4.69) is 22.1 Å². The van der Waals surface area contributed by atoms with E-state index in [0.717, 1.165) is 6.07 Å². The van der Waals surface area contributed by atoms with E-state index in [1.807, 2.05) is 0 Å². The molecule has 1 N–H and O–H groups in total. The Morgan fingerprint density at radius 1 is 1.12 bits per heavy atom. The van der Waals surface area contributed by atoms with E-state index >= 15 is 0 Å². The van der Waals surface area contributed by atoms with E-state index in [1.165, 1.54) is 42.7 Å². The van der Waals surface area contributed by atoms with Crippen LogP contribution < -0.4 is 5.32 Å². The molecule has 25 heavy (non-hydrogen) atoms. The molecule has 0 radical (unpaired) electrons. The molecule has 124 valence electrons. The highest BCUT2D eigenvalue weighted by Crippen LogP contribution is 2.14. The van der Waals surface area contributed by atoms with Crippen molar-refractivity contribution in [2.24, 2.45) is 0 Å². The molecule has 0 spiro atoms. The van der Waals surface area contributed by atoms with E-state index < -0.39 is 17.5 Å². The number of amides is 1. The van der Waals surface area contributed by atoms with Gasteiger partial charge < -0.3 is 9.73 Å². The lowest BCUT2D eigenvalue weighted by Crippen LogP contribution is -2.14. The Labute approximate surface area is 142 Å². The number of benzene rings is 2. The molecule has 4 nitrogen and oxygen atoms in total. The van der Waals surface area contributed by atoms with Gasteiger partial charge in [0.1, 0.15) is 17.9 Å². The highest BCUT2D eigenvalue weighted by atomic mass is 19.1. The van der Waals surface area contributed by atoms with Crippen molar-refractivity contribution < 1.29 is 18.0 Å². The number of oxazole rings is 1. The minimum absolute atomic E-state index is 0.160. The number of anilines is 1. The second-order valence-electron chi connectivity index (χ2n) is 5.16. The van der Waals surface area contributed by atoms with Crippen molar-refractivity contribution in [3.63, 3.8) is 0 Å². The number of aryl methyl sites for hydroxylation is 1. The van der Waals surface area contributed by atoms with E-state index in [9.17, 15) is 13.6 Å². The molecule has 1 aromatic heterocycles. The quantitative estimate of drug-likeness (QED) is 0.721. The molecule has 0 aliphatic rings. The first kappa shape index (κ1) is 16.4. The maximum atomic E-state index is 14.0. The molecule has 1 heterocycles. The van der Waals surface area contributed by atoms with Crippen LogP contribution >= 0.6 is 0 Å². The standard InChI is InChI=1S/C19H12F2N2O2/c1-12-22-16(11-25-12)6-2-13-3-9-18(21)17(10-13)19(24)23-15-7-4-14(20)5-8-15/h3-5,7-11H,1H3,(H,23,24). The molecule has 0 atom stereocenters. The fraction of sp³-hybridized carbons (Fsp3) is 0.0526. The van der Waals surface area contributed by atoms with Crippen LogP contribution in [0, 0.1) is 30.4 Å². The summed E-state index contributed by atoms with van der Waals surface area (Å²) in [6.45, 7) is 1.70. The maximum Gasteiger partial charge on any atom is 0.258 e. The number of halogens is 2. The maximum absolute atomic E-state index is 14.0. The normalized spacial score (nSPS) is 10.0. The van der Waals surface area contributed by atoms with Gasteiger partial charge in [0.25, 0.3) is 5.91 Å². The second kappa shape index (κ2) is 6.97. The third kappa shape index (κ3) is 4.09. The summed E-state index contributed by atoms with van der Waals surface area (Å²) in [4.78, 5) is 16.3. The predicted octanol–water partition coefficient (Wildman–Crippen LogP) is 3.91. The molecule has 1 amide bonds. The highest BCUT2D eigenvalue weighted by molar-refractivity contribution is 6.04. The SMILES string of the molecule is Cc1nc(C#Cc2ccc(F)c(C(=O)Nc3ccc(F)cc3)c2)co1. The van der Waals surface area contributed by atoms with E-state index in [1.54, 1.807) is 6.92 Å². The predicted molar refractivity (Wildman–Crippen MR) is 88.0 cm³/mol. The van der Waals surface area contributed by atoms with Crippen molar-refractivity contribution in [1.29, 1.82) is 0 Å². The summed E-state index contributed by atoms with van der Waals surface area (Å²) in [6, 6.07) is 9.15. The lowest BCUT2D eigenvalue weighted by molar-refractivity contribution is 0.102. The van der Waals surface area contributed by atoms with Crippen LogP contribution in [0.25, 0.3) is 0 Å². The van der Waals surface area contributed by atoms with Gasteiger partial charge in [-0.25, -0.2) is 13.8 Å². The zero-order valence-electron chi connectivity index (χ0n) is 13.1. The van der Waals surface area contributed by atoms with Crippen molar-refractivity contribution in [2.45, 2.75) is 6.92 Å². The first-order valence-electron chi connectivity index (χ1n) is 7.32. The first-order chi connectivity index (χ1) is 12.0. The number of carbonyl (C=O) groups excluding carboxylic acids is 1. The fourth-order valence-electron chi connectivity index (χ4n) is 2.07. The van der Waals surface area contributed by atoms with Crippen molar-refractivity contribution in [3.8, 4) is 11.8 Å². The van der Waals surface area contributed by atoms with Crippen LogP contribution in [0.3, 0.4) is 0 Å². The van der Waals surface area contributed by atoms with E-state index in [0.29, 0.717) is 22.8 Å². The largest absolute Gasteiger partial charge is 0.448 e. The molecule has 3 aromatic rings. The van der Waals surface area contributed by atoms with Gasteiger partial charge in [-0.3, -0.25) is 4.79 Å². The minimum Gasteiger partial charge on any atom is -0.448 e. The molecular weight excluding hydrogens is 326 g/mol. The van der Waals surface area contributed by atoms with Gasteiger partial charge in [-0.1, -0.05) is 5.92 Å². The van der Waals surface area contributed by atoms with Crippen LogP contribution in [-0.2, 0) is 0 Å². The monoisotopic (exact) mass is 338 g/mol. The third-order valence-electron chi connectivity index (χ3n) is 3.27. The average Bonchev–Trinajstić information content (AvgIpc) is 3.01. The Hall–Kier alpha value is -3.46. The molecule has 0 saturated heterocycles. The lowest BCUT2D eigenvalue weighted by Gasteiger charge is -2.06. The summed E-state index contributed by atoms with van der Waals surface area (Å²) in [5.74, 6) is 4.31. The first-order valence-corrected chi connectivity index (χ1v) is 7.32. The topological polar surface area (TPSA) is 55.1 Å². The highest BCUT2D eigenvalue weighted by Gasteiger charge is 2.12. The lowest BCUT2D eigenvalue weighted by atomic mass is 10.1. The van der Waals surface area contributed by atoms with Crippen molar-refractivity contribution in [1.82, 2.24) is 4.98 Å². The Morgan fingerprint density at radius 2 is 1.88 bits per heavy atom. The molecule has 3 rings (SSSR count). The summed E-state index contributed by atoms with van der Waals surface area (Å²) >= 11 is 0. The number of rotatable bonds is 2. The van der Waals surface area contributed by atoms with Crippen LogP contribution in [0.15, 0.2) is 53.1 Å². The van der Waals surface area contributed by atoms with Gasteiger partial charge in [0.2, 0.25) is 0 Å². The summed E-state index contributed by atoms with van der Waals surface area (Å²) in [7, 11) is 0. The van der Waals surface area contributed by atoms with Crippen LogP contribution in [-0.4, -0.2) is 10.9 Å². The van der Waals surface area contributed by atoms with Gasteiger partial charge in [0.15, 0.2) is 11.6 Å². The molecule has 0 bridgehead atoms. The van der Waals surface area contributed by atoms with Gasteiger partial charge in [0, 0.05) is 18.2 Å². The Bertz CT molecular complexity index is 983. The van der Waals surface area contributed by atoms with Gasteiger partial charge in [0.05, 0.1) is 5.56 Å². The van der Waals surface area contributed by atoms with Crippen LogP contribution in [0.1, 0.15) is 27.5 Å². The molecular formula is C19H12F2N2O2. The van der Waals surface area contributed by atoms with Crippen molar-refractivity contribution in [2.75, 3.05) is 5.32 Å². The van der Waals surface area contributed by atoms with Crippen LogP contribution in [0.4, 0.5) is 14.5 Å². The number of hydrogen-bond acceptors (Lipinski definition) is 3. The fourth-order valence-corrected chi connectivity index (χ4v) is 2.07. The summed E-state index contributed by atoms with van der Waals surface area (Å²) < 4.78 is 31.9. The molecule has 0 aliphatic carbocycles. The smallest absolute Gasteiger partial charge is 0.258 e. The molecule has 2 aromatic carbocycles. The zero-order chi connectivity index (χ0) is 17.8. The second-order valence-corrected chi connectivity index (χ2v) is 5.16. The van der Waals surface area contributed by atoms with Crippen molar-refractivity contribution >= 4 is 11.6 Å². The van der Waals surface area contributed by atoms with Gasteiger partial charge in [-0.2, -0.15) is 0 Å². The minimum atomic E-state index is -0.678. The number of nitrogens with zero attached hydrogens (tertiary/aromatic N) is 1. The molecule has 6 heteroatoms. The zero-order valence-corrected chi connectivity index (χ0v) is 13.1. The molecule has 0 saturated carbocycles. The summed E-state index contributed by atoms with van der Waals surface area (Å²) in [6.07, 6.45) is 1.41. The average molecular weight is 338 g/mol. The summed E-state index contributed by atoms with van der Waals surface area (Å²) in [5.41, 5.74) is 1.10. The van der Waals surface area contributed by atoms with Crippen LogP contribution in [0.5, 0.6) is 0 Å². The Morgan fingerprint density at radius 3 is 2.56 bits per heavy atom. The van der Waals surface area contributed by atoms with E-state index in [4.69, 9.17) is 4.42 Å². The van der Waals surface area contributed by atoms with Crippen LogP contribution in [0.2, 0.25) is 0 Å². The van der Waals surface area contributed by atoms with Gasteiger partial charge in [-0.15, -0.1) is 0 Å². The Kier molecular flexibility index (Phi) is 4.57. The molecule has 0 fully saturated rings. The summed E-state index contributed by atoms with van der Waals surface area (Å²) in [5, 5.41) is 2.51. The molecule has 0 unspecified atom stereocenters. The van der Waals surface area contributed by atoms with Crippen molar-refractivity contribution in [3.05, 3.63) is 83.1 Å². The molecule has 0 aliphatic heterocycles. The van der Waals surface area contributed by atoms with Gasteiger partial charge in [-0.05, 0) is 48.4 Å².